The Balaban J connectivity index is 2.61. The van der Waals surface area contributed by atoms with E-state index in [1.165, 1.54) is 0 Å². The van der Waals surface area contributed by atoms with Gasteiger partial charge in [0.15, 0.2) is 0 Å². The molecule has 1 heterocycles. The topological polar surface area (TPSA) is 84.2 Å². The summed E-state index contributed by atoms with van der Waals surface area (Å²) in [5, 5.41) is 16.3. The molecule has 1 aromatic heterocycles. The first kappa shape index (κ1) is 10.4. The molecule has 0 saturated heterocycles. The lowest BCUT2D eigenvalue weighted by atomic mass is 10.0. The molecule has 0 amide bonds. The first-order chi connectivity index (χ1) is 7.63. The number of phenols is 1. The van der Waals surface area contributed by atoms with Gasteiger partial charge in [0, 0.05) is 11.1 Å². The van der Waals surface area contributed by atoms with Crippen molar-refractivity contribution in [2.24, 2.45) is 0 Å². The second-order valence-corrected chi connectivity index (χ2v) is 3.54. The molecule has 0 saturated carbocycles. The van der Waals surface area contributed by atoms with Gasteiger partial charge in [-0.1, -0.05) is 0 Å². The first-order valence-electron chi connectivity index (χ1n) is 4.80. The normalized spacial score (nSPS) is 10.4. The van der Waals surface area contributed by atoms with Crippen molar-refractivity contribution in [2.45, 2.75) is 6.92 Å². The van der Waals surface area contributed by atoms with E-state index in [-0.39, 0.29) is 5.75 Å². The van der Waals surface area contributed by atoms with Gasteiger partial charge in [0.05, 0.1) is 13.3 Å². The summed E-state index contributed by atoms with van der Waals surface area (Å²) in [6.45, 7) is 1.86. The number of benzene rings is 1. The van der Waals surface area contributed by atoms with Crippen LogP contribution in [0.15, 0.2) is 18.3 Å². The van der Waals surface area contributed by atoms with Gasteiger partial charge in [0.1, 0.15) is 17.3 Å². The van der Waals surface area contributed by atoms with Crippen molar-refractivity contribution < 1.29 is 9.84 Å². The molecule has 0 aliphatic rings. The molecule has 0 aliphatic heterocycles. The minimum Gasteiger partial charge on any atom is -0.507 e. The highest BCUT2D eigenvalue weighted by Gasteiger charge is 2.12. The number of aromatic hydroxyl groups is 1. The SMILES string of the molecule is COc1cc(-c2cn[nH]c2N)c(O)cc1C. The number of nitrogens with one attached hydrogen (secondary N) is 1. The van der Waals surface area contributed by atoms with Crippen molar-refractivity contribution in [3.05, 3.63) is 23.9 Å². The number of nitrogens with two attached hydrogens (primary N) is 1. The second kappa shape index (κ2) is 3.77. The van der Waals surface area contributed by atoms with Gasteiger partial charge < -0.3 is 15.6 Å². The summed E-state index contributed by atoms with van der Waals surface area (Å²) in [5.74, 6) is 1.28. The molecule has 2 aromatic rings. The Labute approximate surface area is 92.9 Å². The van der Waals surface area contributed by atoms with Gasteiger partial charge in [-0.3, -0.25) is 5.10 Å². The van der Waals surface area contributed by atoms with Crippen LogP contribution in [0, 0.1) is 6.92 Å². The number of ether oxygens (including phenoxy) is 1. The molecule has 0 unspecified atom stereocenters. The number of anilines is 1. The number of aryl methyl sites for hydroxylation is 1. The molecule has 5 heteroatoms. The van der Waals surface area contributed by atoms with E-state index in [9.17, 15) is 5.11 Å². The van der Waals surface area contributed by atoms with Gasteiger partial charge >= 0.3 is 0 Å². The van der Waals surface area contributed by atoms with Crippen LogP contribution in [-0.4, -0.2) is 22.4 Å². The molecule has 0 atom stereocenters. The Morgan fingerprint density at radius 3 is 2.69 bits per heavy atom. The van der Waals surface area contributed by atoms with Crippen LogP contribution >= 0.6 is 0 Å². The molecule has 2 rings (SSSR count). The zero-order valence-corrected chi connectivity index (χ0v) is 9.11. The summed E-state index contributed by atoms with van der Waals surface area (Å²) in [7, 11) is 1.59. The van der Waals surface area contributed by atoms with Crippen LogP contribution in [0.5, 0.6) is 11.5 Å². The third-order valence-corrected chi connectivity index (χ3v) is 2.47. The predicted molar refractivity (Wildman–Crippen MR) is 61.4 cm³/mol. The molecule has 0 bridgehead atoms. The van der Waals surface area contributed by atoms with Crippen LogP contribution in [0.1, 0.15) is 5.56 Å². The van der Waals surface area contributed by atoms with E-state index in [0.29, 0.717) is 22.7 Å². The number of phenolic OH excluding ortho intramolecular Hbond substituents is 1. The van der Waals surface area contributed by atoms with E-state index in [1.807, 2.05) is 6.92 Å². The van der Waals surface area contributed by atoms with Crippen LogP contribution in [0.4, 0.5) is 5.82 Å². The van der Waals surface area contributed by atoms with Gasteiger partial charge in [-0.05, 0) is 24.6 Å². The first-order valence-corrected chi connectivity index (χ1v) is 4.80. The highest BCUT2D eigenvalue weighted by molar-refractivity contribution is 5.79. The molecular weight excluding hydrogens is 206 g/mol. The lowest BCUT2D eigenvalue weighted by molar-refractivity contribution is 0.409. The van der Waals surface area contributed by atoms with Gasteiger partial charge in [0.2, 0.25) is 0 Å². The minimum atomic E-state index is 0.159. The second-order valence-electron chi connectivity index (χ2n) is 3.54. The van der Waals surface area contributed by atoms with Crippen molar-refractivity contribution in [3.63, 3.8) is 0 Å². The summed E-state index contributed by atoms with van der Waals surface area (Å²) in [5.41, 5.74) is 7.84. The Kier molecular flexibility index (Phi) is 2.44. The van der Waals surface area contributed by atoms with E-state index < -0.39 is 0 Å². The van der Waals surface area contributed by atoms with E-state index in [2.05, 4.69) is 10.2 Å². The molecule has 16 heavy (non-hydrogen) atoms. The van der Waals surface area contributed by atoms with E-state index in [0.717, 1.165) is 5.56 Å². The number of H-pyrrole nitrogens is 1. The number of methoxy groups -OCH3 is 1. The van der Waals surface area contributed by atoms with E-state index in [4.69, 9.17) is 10.5 Å². The summed E-state index contributed by atoms with van der Waals surface area (Å²) in [6, 6.07) is 3.38. The number of hydrogen-bond donors (Lipinski definition) is 3. The van der Waals surface area contributed by atoms with Crippen LogP contribution in [0.25, 0.3) is 11.1 Å². The van der Waals surface area contributed by atoms with Gasteiger partial charge in [-0.15, -0.1) is 0 Å². The standard InChI is InChI=1S/C11H13N3O2/c1-6-3-9(15)7(4-10(6)16-2)8-5-13-14-11(8)12/h3-5,15H,1-2H3,(H3,12,13,14). The molecule has 0 spiro atoms. The number of nitrogens with zero attached hydrogens (tertiary/aromatic N) is 1. The van der Waals surface area contributed by atoms with Gasteiger partial charge in [0.25, 0.3) is 0 Å². The van der Waals surface area contributed by atoms with E-state index >= 15 is 0 Å². The van der Waals surface area contributed by atoms with Crippen molar-refractivity contribution in [3.8, 4) is 22.6 Å². The molecular formula is C11H13N3O2. The Morgan fingerprint density at radius 1 is 1.38 bits per heavy atom. The third kappa shape index (κ3) is 1.56. The number of rotatable bonds is 2. The fourth-order valence-corrected chi connectivity index (χ4v) is 1.62. The Morgan fingerprint density at radius 2 is 2.12 bits per heavy atom. The van der Waals surface area contributed by atoms with Crippen molar-refractivity contribution in [1.82, 2.24) is 10.2 Å². The smallest absolute Gasteiger partial charge is 0.126 e. The molecule has 84 valence electrons. The third-order valence-electron chi connectivity index (χ3n) is 2.47. The number of nitrogen functional groups attached to an aromatic ring is 1. The van der Waals surface area contributed by atoms with Crippen molar-refractivity contribution in [1.29, 1.82) is 0 Å². The average Bonchev–Trinajstić information content (AvgIpc) is 2.65. The molecule has 1 aromatic carbocycles. The fourth-order valence-electron chi connectivity index (χ4n) is 1.62. The Bertz CT molecular complexity index is 520. The summed E-state index contributed by atoms with van der Waals surface area (Å²) < 4.78 is 5.20. The lowest BCUT2D eigenvalue weighted by Gasteiger charge is -2.09. The van der Waals surface area contributed by atoms with Crippen LogP contribution in [0.2, 0.25) is 0 Å². The number of aromatic amines is 1. The highest BCUT2D eigenvalue weighted by atomic mass is 16.5. The largest absolute Gasteiger partial charge is 0.507 e. The minimum absolute atomic E-state index is 0.159. The molecule has 0 fully saturated rings. The number of hydrogen-bond acceptors (Lipinski definition) is 4. The van der Waals surface area contributed by atoms with Gasteiger partial charge in [-0.25, -0.2) is 0 Å². The Hall–Kier alpha value is -2.17. The summed E-state index contributed by atoms with van der Waals surface area (Å²) in [4.78, 5) is 0. The zero-order valence-electron chi connectivity index (χ0n) is 9.11. The maximum atomic E-state index is 9.85. The maximum Gasteiger partial charge on any atom is 0.126 e. The van der Waals surface area contributed by atoms with Crippen LogP contribution in [0.3, 0.4) is 0 Å². The average molecular weight is 219 g/mol. The van der Waals surface area contributed by atoms with Crippen molar-refractivity contribution in [2.75, 3.05) is 12.8 Å². The van der Waals surface area contributed by atoms with Crippen LogP contribution < -0.4 is 10.5 Å². The quantitative estimate of drug-likeness (QED) is 0.717. The lowest BCUT2D eigenvalue weighted by Crippen LogP contribution is -1.91. The zero-order chi connectivity index (χ0) is 11.7. The summed E-state index contributed by atoms with van der Waals surface area (Å²) >= 11 is 0. The highest BCUT2D eigenvalue weighted by Crippen LogP contribution is 2.36. The summed E-state index contributed by atoms with van der Waals surface area (Å²) in [6.07, 6.45) is 1.57. The predicted octanol–water partition coefficient (Wildman–Crippen LogP) is 1.68. The molecule has 4 N–H and O–H groups in total. The van der Waals surface area contributed by atoms with Gasteiger partial charge in [-0.2, -0.15) is 5.10 Å². The van der Waals surface area contributed by atoms with Crippen LogP contribution in [-0.2, 0) is 0 Å². The van der Waals surface area contributed by atoms with E-state index in [1.54, 1.807) is 25.4 Å². The molecule has 5 nitrogen and oxygen atoms in total. The van der Waals surface area contributed by atoms with Crippen molar-refractivity contribution >= 4 is 5.82 Å². The maximum absolute atomic E-state index is 9.85. The monoisotopic (exact) mass is 219 g/mol. The molecule has 0 radical (unpaired) electrons. The fraction of sp³-hybridized carbons (Fsp3) is 0.182. The molecule has 0 aliphatic carbocycles. The number of aromatic nitrogens is 2.